The van der Waals surface area contributed by atoms with E-state index < -0.39 is 0 Å². The summed E-state index contributed by atoms with van der Waals surface area (Å²) in [6.45, 7) is 4.34. The number of nitriles is 1. The van der Waals surface area contributed by atoms with Gasteiger partial charge in [0.2, 0.25) is 0 Å². The molecule has 4 unspecified atom stereocenters. The predicted octanol–water partition coefficient (Wildman–Crippen LogP) is 3.57. The Labute approximate surface area is 148 Å². The molecule has 3 aliphatic rings. The molecule has 0 bridgehead atoms. The van der Waals surface area contributed by atoms with Crippen LogP contribution in [0.4, 0.5) is 0 Å². The molecule has 1 aromatic carbocycles. The number of thioether (sulfide) groups is 1. The van der Waals surface area contributed by atoms with Gasteiger partial charge in [0.1, 0.15) is 17.1 Å². The molecule has 4 rings (SSSR count). The highest BCUT2D eigenvalue weighted by Crippen LogP contribution is 2.45. The maximum absolute atomic E-state index is 9.68. The summed E-state index contributed by atoms with van der Waals surface area (Å²) in [5.74, 6) is 0.618. The minimum atomic E-state index is -0.158. The number of aryl methyl sites for hydroxylation is 2. The van der Waals surface area contributed by atoms with E-state index in [1.165, 1.54) is 29.5 Å². The fraction of sp³-hybridized carbons (Fsp3) is 0.579. The van der Waals surface area contributed by atoms with Crippen molar-refractivity contribution in [3.05, 3.63) is 34.9 Å². The van der Waals surface area contributed by atoms with Crippen molar-refractivity contribution >= 4 is 16.8 Å². The highest BCUT2D eigenvalue weighted by Gasteiger charge is 2.48. The van der Waals surface area contributed by atoms with Crippen LogP contribution in [0.2, 0.25) is 0 Å². The Morgan fingerprint density at radius 3 is 2.75 bits per heavy atom. The maximum atomic E-state index is 9.68. The van der Waals surface area contributed by atoms with Gasteiger partial charge in [-0.1, -0.05) is 23.8 Å². The van der Waals surface area contributed by atoms with Gasteiger partial charge < -0.3 is 0 Å². The second-order valence-corrected chi connectivity index (χ2v) is 8.12. The van der Waals surface area contributed by atoms with Crippen molar-refractivity contribution in [3.8, 4) is 6.07 Å². The van der Waals surface area contributed by atoms with Gasteiger partial charge >= 0.3 is 0 Å². The Bertz CT molecular complexity index is 719. The van der Waals surface area contributed by atoms with Crippen LogP contribution in [0, 0.1) is 37.0 Å². The van der Waals surface area contributed by atoms with E-state index in [0.717, 1.165) is 17.4 Å². The van der Waals surface area contributed by atoms with Crippen molar-refractivity contribution in [2.24, 2.45) is 16.9 Å². The van der Waals surface area contributed by atoms with E-state index >= 15 is 0 Å². The summed E-state index contributed by atoms with van der Waals surface area (Å²) in [7, 11) is 0. The van der Waals surface area contributed by atoms with Gasteiger partial charge in [-0.25, -0.2) is 0 Å². The van der Waals surface area contributed by atoms with E-state index in [4.69, 9.17) is 5.10 Å². The molecule has 1 aromatic rings. The Kier molecular flexibility index (Phi) is 4.06. The van der Waals surface area contributed by atoms with E-state index in [1.807, 2.05) is 6.26 Å². The van der Waals surface area contributed by atoms with Gasteiger partial charge in [-0.3, -0.25) is 10.3 Å². The third-order valence-corrected chi connectivity index (χ3v) is 6.34. The van der Waals surface area contributed by atoms with Gasteiger partial charge in [0.15, 0.2) is 0 Å². The largest absolute Gasteiger partial charge is 0.291 e. The fourth-order valence-electron chi connectivity index (χ4n) is 4.19. The number of hydrogen-bond donors (Lipinski definition) is 1. The number of nitrogens with zero attached hydrogens (tertiary/aromatic N) is 3. The standard InChI is InChI=1S/C19H24N4S/c1-11-4-7-14(12(2)8-11)17-9-16(13-5-6-13)21-18-15(10-20)19(24-3)22-23(17)18/h4,7-8,13,15-18,21H,5-6,9H2,1-3H3. The van der Waals surface area contributed by atoms with Crippen molar-refractivity contribution in [2.75, 3.05) is 6.26 Å². The first-order valence-electron chi connectivity index (χ1n) is 8.76. The van der Waals surface area contributed by atoms with Gasteiger partial charge in [-0.15, -0.1) is 11.8 Å². The molecule has 0 aromatic heterocycles. The van der Waals surface area contributed by atoms with Crippen LogP contribution in [-0.4, -0.2) is 28.5 Å². The molecule has 2 fully saturated rings. The summed E-state index contributed by atoms with van der Waals surface area (Å²) in [6.07, 6.45) is 5.75. The third kappa shape index (κ3) is 2.62. The minimum Gasteiger partial charge on any atom is -0.291 e. The van der Waals surface area contributed by atoms with Crippen molar-refractivity contribution < 1.29 is 0 Å². The lowest BCUT2D eigenvalue weighted by Crippen LogP contribution is -2.56. The summed E-state index contributed by atoms with van der Waals surface area (Å²) in [6, 6.07) is 9.97. The summed E-state index contributed by atoms with van der Waals surface area (Å²) in [5.41, 5.74) is 3.99. The number of nitrogens with one attached hydrogen (secondary N) is 1. The molecule has 0 amide bonds. The quantitative estimate of drug-likeness (QED) is 0.894. The summed E-state index contributed by atoms with van der Waals surface area (Å²) in [4.78, 5) is 0. The average molecular weight is 340 g/mol. The van der Waals surface area contributed by atoms with Gasteiger partial charge in [0, 0.05) is 6.04 Å². The number of hydrogen-bond acceptors (Lipinski definition) is 5. The average Bonchev–Trinajstić information content (AvgIpc) is 3.35. The smallest absolute Gasteiger partial charge is 0.131 e. The Morgan fingerprint density at radius 2 is 2.12 bits per heavy atom. The monoisotopic (exact) mass is 340 g/mol. The molecule has 126 valence electrons. The molecule has 1 aliphatic carbocycles. The van der Waals surface area contributed by atoms with Crippen LogP contribution in [0.5, 0.6) is 0 Å². The number of benzene rings is 1. The van der Waals surface area contributed by atoms with E-state index in [-0.39, 0.29) is 18.1 Å². The fourth-order valence-corrected chi connectivity index (χ4v) is 4.80. The molecule has 4 nitrogen and oxygen atoms in total. The minimum absolute atomic E-state index is 0.0162. The number of rotatable bonds is 2. The van der Waals surface area contributed by atoms with E-state index in [0.29, 0.717) is 6.04 Å². The van der Waals surface area contributed by atoms with Gasteiger partial charge in [-0.05, 0) is 56.4 Å². The Hall–Kier alpha value is -1.51. The third-order valence-electron chi connectivity index (χ3n) is 5.59. The van der Waals surface area contributed by atoms with Gasteiger partial charge in [0.05, 0.1) is 12.1 Å². The summed E-state index contributed by atoms with van der Waals surface area (Å²) in [5, 5.41) is 21.4. The van der Waals surface area contributed by atoms with Crippen LogP contribution in [0.3, 0.4) is 0 Å². The molecule has 24 heavy (non-hydrogen) atoms. The number of hydrazone groups is 1. The Morgan fingerprint density at radius 1 is 1.33 bits per heavy atom. The highest BCUT2D eigenvalue weighted by atomic mass is 32.2. The predicted molar refractivity (Wildman–Crippen MR) is 98.6 cm³/mol. The van der Waals surface area contributed by atoms with E-state index in [9.17, 15) is 5.26 Å². The molecule has 1 saturated carbocycles. The lowest BCUT2D eigenvalue weighted by molar-refractivity contribution is 0.0486. The molecule has 1 saturated heterocycles. The van der Waals surface area contributed by atoms with Crippen LogP contribution in [-0.2, 0) is 0 Å². The molecular formula is C19H24N4S. The van der Waals surface area contributed by atoms with Crippen molar-refractivity contribution in [1.29, 1.82) is 5.26 Å². The maximum Gasteiger partial charge on any atom is 0.131 e. The second kappa shape index (κ2) is 6.09. The zero-order valence-corrected chi connectivity index (χ0v) is 15.3. The normalized spacial score (nSPS) is 32.2. The molecule has 4 atom stereocenters. The van der Waals surface area contributed by atoms with E-state index in [1.54, 1.807) is 11.8 Å². The summed E-state index contributed by atoms with van der Waals surface area (Å²) >= 11 is 1.61. The van der Waals surface area contributed by atoms with Crippen molar-refractivity contribution in [2.45, 2.75) is 51.4 Å². The SMILES string of the molecule is CSC1=NN2C(c3ccc(C)cc3C)CC(C3CC3)NC2C1C#N. The zero-order chi connectivity index (χ0) is 16.8. The first-order valence-corrected chi connectivity index (χ1v) is 9.98. The highest BCUT2D eigenvalue weighted by molar-refractivity contribution is 8.13. The second-order valence-electron chi connectivity index (χ2n) is 7.30. The molecule has 0 spiro atoms. The van der Waals surface area contributed by atoms with Gasteiger partial charge in [-0.2, -0.15) is 10.4 Å². The lowest BCUT2D eigenvalue weighted by Gasteiger charge is -2.43. The molecule has 1 N–H and O–H groups in total. The summed E-state index contributed by atoms with van der Waals surface area (Å²) < 4.78 is 0. The molecule has 0 radical (unpaired) electrons. The van der Waals surface area contributed by atoms with Crippen LogP contribution in [0.15, 0.2) is 23.3 Å². The zero-order valence-electron chi connectivity index (χ0n) is 14.5. The molecule has 2 aliphatic heterocycles. The van der Waals surface area contributed by atoms with Crippen LogP contribution in [0.25, 0.3) is 0 Å². The van der Waals surface area contributed by atoms with Crippen LogP contribution >= 0.6 is 11.8 Å². The number of fused-ring (bicyclic) bond motifs is 1. The first kappa shape index (κ1) is 16.0. The van der Waals surface area contributed by atoms with Crippen molar-refractivity contribution in [3.63, 3.8) is 0 Å². The lowest BCUT2D eigenvalue weighted by atomic mass is 9.89. The Balaban J connectivity index is 1.73. The van der Waals surface area contributed by atoms with Gasteiger partial charge in [0.25, 0.3) is 0 Å². The topological polar surface area (TPSA) is 51.4 Å². The van der Waals surface area contributed by atoms with E-state index in [2.05, 4.69) is 48.4 Å². The first-order chi connectivity index (χ1) is 11.6. The molecular weight excluding hydrogens is 316 g/mol. The van der Waals surface area contributed by atoms with Crippen LogP contribution < -0.4 is 5.32 Å². The molecule has 2 heterocycles. The van der Waals surface area contributed by atoms with Crippen LogP contribution in [0.1, 0.15) is 42.0 Å². The molecule has 5 heteroatoms. The van der Waals surface area contributed by atoms with Crippen molar-refractivity contribution in [1.82, 2.24) is 10.3 Å².